The summed E-state index contributed by atoms with van der Waals surface area (Å²) in [5, 5.41) is 13.5. The fourth-order valence-electron chi connectivity index (χ4n) is 2.46. The molecule has 22 heavy (non-hydrogen) atoms. The number of hydrogen-bond donors (Lipinski definition) is 1. The molecule has 0 aliphatic heterocycles. The van der Waals surface area contributed by atoms with E-state index >= 15 is 0 Å². The van der Waals surface area contributed by atoms with Crippen LogP contribution in [0.5, 0.6) is 0 Å². The summed E-state index contributed by atoms with van der Waals surface area (Å²) in [7, 11) is 0. The number of thiazole rings is 1. The molecule has 3 nitrogen and oxygen atoms in total. The zero-order chi connectivity index (χ0) is 16.1. The Morgan fingerprint density at radius 3 is 2.45 bits per heavy atom. The highest BCUT2D eigenvalue weighted by molar-refractivity contribution is 7.09. The van der Waals surface area contributed by atoms with Crippen LogP contribution in [-0.4, -0.2) is 28.1 Å². The van der Waals surface area contributed by atoms with Gasteiger partial charge in [-0.25, -0.2) is 9.37 Å². The summed E-state index contributed by atoms with van der Waals surface area (Å²) in [5.74, 6) is 0.216. The van der Waals surface area contributed by atoms with Gasteiger partial charge in [0, 0.05) is 25.0 Å². The van der Waals surface area contributed by atoms with E-state index in [1.165, 1.54) is 12.1 Å². The molecule has 0 radical (unpaired) electrons. The highest BCUT2D eigenvalue weighted by atomic mass is 32.1. The predicted octanol–water partition coefficient (Wildman–Crippen LogP) is 3.78. The van der Waals surface area contributed by atoms with Crippen molar-refractivity contribution in [2.24, 2.45) is 5.92 Å². The normalized spacial score (nSPS) is 13.0. The number of nitrogens with zero attached hydrogens (tertiary/aromatic N) is 2. The molecule has 1 unspecified atom stereocenters. The molecular formula is C17H23FN2OS. The van der Waals surface area contributed by atoms with Crippen molar-refractivity contribution in [3.8, 4) is 0 Å². The van der Waals surface area contributed by atoms with E-state index in [9.17, 15) is 9.50 Å². The summed E-state index contributed by atoms with van der Waals surface area (Å²) < 4.78 is 13.0. The number of aliphatic hydroxyl groups is 1. The Kier molecular flexibility index (Phi) is 6.06. The number of rotatable bonds is 7. The maximum atomic E-state index is 13.0. The molecule has 0 saturated carbocycles. The molecule has 0 amide bonds. The minimum absolute atomic E-state index is 0.284. The van der Waals surface area contributed by atoms with Crippen molar-refractivity contribution >= 4 is 11.3 Å². The van der Waals surface area contributed by atoms with Gasteiger partial charge in [0.2, 0.25) is 0 Å². The minimum Gasteiger partial charge on any atom is -0.387 e. The third-order valence-corrected chi connectivity index (χ3v) is 4.18. The van der Waals surface area contributed by atoms with Crippen molar-refractivity contribution < 1.29 is 9.50 Å². The van der Waals surface area contributed by atoms with Gasteiger partial charge in [0.25, 0.3) is 0 Å². The quantitative estimate of drug-likeness (QED) is 0.843. The van der Waals surface area contributed by atoms with Gasteiger partial charge in [0.1, 0.15) is 5.82 Å². The van der Waals surface area contributed by atoms with Crippen LogP contribution in [-0.2, 0) is 6.54 Å². The Morgan fingerprint density at radius 2 is 1.91 bits per heavy atom. The van der Waals surface area contributed by atoms with E-state index in [0.717, 1.165) is 29.4 Å². The van der Waals surface area contributed by atoms with Crippen LogP contribution in [0.3, 0.4) is 0 Å². The highest BCUT2D eigenvalue weighted by Crippen LogP contribution is 2.18. The average molecular weight is 322 g/mol. The molecule has 1 aromatic carbocycles. The van der Waals surface area contributed by atoms with Crippen LogP contribution in [0.15, 0.2) is 29.6 Å². The monoisotopic (exact) mass is 322 g/mol. The first kappa shape index (κ1) is 17.1. The van der Waals surface area contributed by atoms with Crippen LogP contribution in [0.1, 0.15) is 36.2 Å². The molecular weight excluding hydrogens is 299 g/mol. The maximum Gasteiger partial charge on any atom is 0.123 e. The average Bonchev–Trinajstić information content (AvgIpc) is 2.84. The third kappa shape index (κ3) is 5.16. The lowest BCUT2D eigenvalue weighted by Crippen LogP contribution is -2.31. The lowest BCUT2D eigenvalue weighted by Gasteiger charge is -2.26. The molecule has 0 fully saturated rings. The number of aryl methyl sites for hydroxylation is 1. The van der Waals surface area contributed by atoms with E-state index in [1.807, 2.05) is 6.92 Å². The van der Waals surface area contributed by atoms with E-state index in [1.54, 1.807) is 23.5 Å². The van der Waals surface area contributed by atoms with Gasteiger partial charge in [-0.1, -0.05) is 26.0 Å². The van der Waals surface area contributed by atoms with E-state index in [-0.39, 0.29) is 5.82 Å². The molecule has 1 heterocycles. The first-order chi connectivity index (χ1) is 10.4. The number of benzene rings is 1. The first-order valence-electron chi connectivity index (χ1n) is 7.51. The van der Waals surface area contributed by atoms with Gasteiger partial charge >= 0.3 is 0 Å². The summed E-state index contributed by atoms with van der Waals surface area (Å²) >= 11 is 1.64. The summed E-state index contributed by atoms with van der Waals surface area (Å²) in [5.41, 5.74) is 1.78. The molecule has 2 aromatic rings. The Morgan fingerprint density at radius 1 is 1.23 bits per heavy atom. The van der Waals surface area contributed by atoms with Crippen LogP contribution >= 0.6 is 11.3 Å². The van der Waals surface area contributed by atoms with Crippen molar-refractivity contribution in [1.29, 1.82) is 0 Å². The minimum atomic E-state index is -0.626. The standard InChI is InChI=1S/C17H23FN2OS/c1-12(2)8-20(9-16-11-22-13(3)19-16)10-17(21)14-4-6-15(18)7-5-14/h4-7,11-12,17,21H,8-10H2,1-3H3. The smallest absolute Gasteiger partial charge is 0.123 e. The van der Waals surface area contributed by atoms with Gasteiger partial charge in [-0.3, -0.25) is 4.90 Å². The largest absolute Gasteiger partial charge is 0.387 e. The Balaban J connectivity index is 2.03. The van der Waals surface area contributed by atoms with Crippen molar-refractivity contribution in [3.05, 3.63) is 51.7 Å². The summed E-state index contributed by atoms with van der Waals surface area (Å²) in [6.07, 6.45) is -0.626. The van der Waals surface area contributed by atoms with Crippen LogP contribution in [0.2, 0.25) is 0 Å². The highest BCUT2D eigenvalue weighted by Gasteiger charge is 2.16. The van der Waals surface area contributed by atoms with Crippen LogP contribution in [0.4, 0.5) is 4.39 Å². The summed E-state index contributed by atoms with van der Waals surface area (Å²) in [4.78, 5) is 6.70. The number of aromatic nitrogens is 1. The lowest BCUT2D eigenvalue weighted by atomic mass is 10.1. The molecule has 1 atom stereocenters. The van der Waals surface area contributed by atoms with Crippen molar-refractivity contribution in [3.63, 3.8) is 0 Å². The van der Waals surface area contributed by atoms with Crippen LogP contribution in [0, 0.1) is 18.7 Å². The van der Waals surface area contributed by atoms with E-state index in [4.69, 9.17) is 0 Å². The zero-order valence-corrected chi connectivity index (χ0v) is 14.1. The van der Waals surface area contributed by atoms with E-state index < -0.39 is 6.10 Å². The Hall–Kier alpha value is -1.30. The fourth-order valence-corrected chi connectivity index (χ4v) is 3.07. The molecule has 0 spiro atoms. The molecule has 0 aliphatic rings. The van der Waals surface area contributed by atoms with Gasteiger partial charge in [-0.2, -0.15) is 0 Å². The van der Waals surface area contributed by atoms with Gasteiger partial charge < -0.3 is 5.11 Å². The molecule has 2 rings (SSSR count). The molecule has 0 bridgehead atoms. The second kappa shape index (κ2) is 7.81. The van der Waals surface area contributed by atoms with Gasteiger partial charge in [0.05, 0.1) is 16.8 Å². The van der Waals surface area contributed by atoms with Crippen molar-refractivity contribution in [2.45, 2.75) is 33.4 Å². The second-order valence-corrected chi connectivity index (χ2v) is 7.08. The van der Waals surface area contributed by atoms with E-state index in [0.29, 0.717) is 12.5 Å². The molecule has 5 heteroatoms. The number of halogens is 1. The fraction of sp³-hybridized carbons (Fsp3) is 0.471. The molecule has 120 valence electrons. The van der Waals surface area contributed by atoms with Gasteiger partial charge in [-0.05, 0) is 30.5 Å². The van der Waals surface area contributed by atoms with Gasteiger partial charge in [-0.15, -0.1) is 11.3 Å². The first-order valence-corrected chi connectivity index (χ1v) is 8.39. The zero-order valence-electron chi connectivity index (χ0n) is 13.3. The summed E-state index contributed by atoms with van der Waals surface area (Å²) in [6.45, 7) is 8.43. The Labute approximate surface area is 135 Å². The summed E-state index contributed by atoms with van der Waals surface area (Å²) in [6, 6.07) is 6.05. The SMILES string of the molecule is Cc1nc(CN(CC(C)C)CC(O)c2ccc(F)cc2)cs1. The number of hydrogen-bond acceptors (Lipinski definition) is 4. The number of aliphatic hydroxyl groups excluding tert-OH is 1. The van der Waals surface area contributed by atoms with Crippen molar-refractivity contribution in [1.82, 2.24) is 9.88 Å². The Bertz CT molecular complexity index is 583. The molecule has 1 aromatic heterocycles. The van der Waals surface area contributed by atoms with Crippen LogP contribution < -0.4 is 0 Å². The lowest BCUT2D eigenvalue weighted by molar-refractivity contribution is 0.101. The molecule has 0 aliphatic carbocycles. The maximum absolute atomic E-state index is 13.0. The van der Waals surface area contributed by atoms with Crippen LogP contribution in [0.25, 0.3) is 0 Å². The van der Waals surface area contributed by atoms with Crippen molar-refractivity contribution in [2.75, 3.05) is 13.1 Å². The van der Waals surface area contributed by atoms with E-state index in [2.05, 4.69) is 29.1 Å². The second-order valence-electron chi connectivity index (χ2n) is 6.01. The molecule has 1 N–H and O–H groups in total. The topological polar surface area (TPSA) is 36.4 Å². The predicted molar refractivity (Wildman–Crippen MR) is 88.3 cm³/mol. The third-order valence-electron chi connectivity index (χ3n) is 3.36. The molecule has 0 saturated heterocycles. The van der Waals surface area contributed by atoms with Gasteiger partial charge in [0.15, 0.2) is 0 Å².